The molecule has 0 aliphatic carbocycles. The molecule has 3 unspecified atom stereocenters. The van der Waals surface area contributed by atoms with E-state index < -0.39 is 12.3 Å². The van der Waals surface area contributed by atoms with E-state index >= 15 is 0 Å². The molecular weight excluding hydrogens is 157 g/mol. The Balaban J connectivity index is 2.23. The molecule has 2 nitrogen and oxygen atoms in total. The first kappa shape index (κ1) is 9.93. The van der Waals surface area contributed by atoms with Gasteiger partial charge < -0.3 is 10.0 Å². The van der Waals surface area contributed by atoms with Crippen LogP contribution in [0.1, 0.15) is 19.8 Å². The number of hydrogen-bond donors (Lipinski definition) is 1. The summed E-state index contributed by atoms with van der Waals surface area (Å²) in [6, 6.07) is 0. The molecule has 1 fully saturated rings. The molecule has 1 aliphatic heterocycles. The molecule has 0 spiro atoms. The molecule has 72 valence electrons. The van der Waals surface area contributed by atoms with Gasteiger partial charge in [-0.15, -0.1) is 0 Å². The van der Waals surface area contributed by atoms with Gasteiger partial charge in [-0.3, -0.25) is 0 Å². The minimum Gasteiger partial charge on any atom is -0.390 e. The quantitative estimate of drug-likeness (QED) is 0.693. The van der Waals surface area contributed by atoms with E-state index in [1.165, 1.54) is 6.92 Å². The van der Waals surface area contributed by atoms with E-state index in [0.29, 0.717) is 12.3 Å². The van der Waals surface area contributed by atoms with E-state index in [-0.39, 0.29) is 0 Å². The van der Waals surface area contributed by atoms with Crippen LogP contribution < -0.4 is 0 Å². The van der Waals surface area contributed by atoms with Gasteiger partial charge in [0.2, 0.25) is 0 Å². The van der Waals surface area contributed by atoms with Crippen LogP contribution in [0.15, 0.2) is 0 Å². The van der Waals surface area contributed by atoms with Gasteiger partial charge in [-0.1, -0.05) is 0 Å². The number of alkyl halides is 1. The van der Waals surface area contributed by atoms with Gasteiger partial charge in [0, 0.05) is 6.54 Å². The number of aliphatic hydroxyl groups is 1. The molecule has 12 heavy (non-hydrogen) atoms. The summed E-state index contributed by atoms with van der Waals surface area (Å²) >= 11 is 0. The van der Waals surface area contributed by atoms with Gasteiger partial charge in [0.25, 0.3) is 0 Å². The Bertz CT molecular complexity index is 140. The van der Waals surface area contributed by atoms with Crippen LogP contribution in [-0.4, -0.2) is 42.4 Å². The predicted octanol–water partition coefficient (Wildman–Crippen LogP) is 1.05. The smallest absolute Gasteiger partial charge is 0.126 e. The maximum Gasteiger partial charge on any atom is 0.126 e. The van der Waals surface area contributed by atoms with Crippen LogP contribution in [0.3, 0.4) is 0 Å². The second-order valence-electron chi connectivity index (χ2n) is 3.91. The predicted molar refractivity (Wildman–Crippen MR) is 46.8 cm³/mol. The van der Waals surface area contributed by atoms with Crippen LogP contribution in [0.25, 0.3) is 0 Å². The highest BCUT2D eigenvalue weighted by molar-refractivity contribution is 4.77. The third-order valence-electron chi connectivity index (χ3n) is 2.57. The second-order valence-corrected chi connectivity index (χ2v) is 3.91. The first-order chi connectivity index (χ1) is 5.59. The van der Waals surface area contributed by atoms with Crippen LogP contribution >= 0.6 is 0 Å². The van der Waals surface area contributed by atoms with E-state index in [9.17, 15) is 4.39 Å². The fraction of sp³-hybridized carbons (Fsp3) is 1.00. The normalized spacial score (nSPS) is 30.5. The van der Waals surface area contributed by atoms with Crippen molar-refractivity contribution in [1.29, 1.82) is 0 Å². The Kier molecular flexibility index (Phi) is 3.47. The lowest BCUT2D eigenvalue weighted by Crippen LogP contribution is -2.23. The topological polar surface area (TPSA) is 23.5 Å². The second kappa shape index (κ2) is 4.19. The van der Waals surface area contributed by atoms with Crippen molar-refractivity contribution in [1.82, 2.24) is 4.90 Å². The molecule has 0 aromatic carbocycles. The standard InChI is InChI=1S/C9H18FNO/c1-7(12)9(10)5-8-3-4-11(2)6-8/h7-9,12H,3-6H2,1-2H3. The molecule has 0 radical (unpaired) electrons. The summed E-state index contributed by atoms with van der Waals surface area (Å²) in [5.74, 6) is 0.444. The van der Waals surface area contributed by atoms with E-state index in [2.05, 4.69) is 11.9 Å². The van der Waals surface area contributed by atoms with Crippen molar-refractivity contribution in [3.63, 3.8) is 0 Å². The number of hydrogen-bond acceptors (Lipinski definition) is 2. The van der Waals surface area contributed by atoms with E-state index in [0.717, 1.165) is 19.5 Å². The zero-order chi connectivity index (χ0) is 9.14. The number of likely N-dealkylation sites (tertiary alicyclic amines) is 1. The average molecular weight is 175 g/mol. The molecule has 1 heterocycles. The van der Waals surface area contributed by atoms with Gasteiger partial charge in [-0.2, -0.15) is 0 Å². The fourth-order valence-electron chi connectivity index (χ4n) is 1.73. The molecule has 0 aromatic rings. The molecule has 1 aliphatic rings. The van der Waals surface area contributed by atoms with Crippen molar-refractivity contribution < 1.29 is 9.50 Å². The van der Waals surface area contributed by atoms with Crippen LogP contribution in [0.2, 0.25) is 0 Å². The maximum absolute atomic E-state index is 13.0. The number of halogens is 1. The molecule has 1 saturated heterocycles. The highest BCUT2D eigenvalue weighted by Crippen LogP contribution is 2.22. The minimum atomic E-state index is -1.04. The Morgan fingerprint density at radius 1 is 1.67 bits per heavy atom. The zero-order valence-electron chi connectivity index (χ0n) is 7.83. The number of rotatable bonds is 3. The minimum absolute atomic E-state index is 0.444. The Labute approximate surface area is 73.4 Å². The van der Waals surface area contributed by atoms with E-state index in [1.54, 1.807) is 0 Å². The van der Waals surface area contributed by atoms with Crippen molar-refractivity contribution in [3.05, 3.63) is 0 Å². The Hall–Kier alpha value is -0.150. The first-order valence-corrected chi connectivity index (χ1v) is 4.60. The van der Waals surface area contributed by atoms with Crippen LogP contribution in [0.4, 0.5) is 4.39 Å². The van der Waals surface area contributed by atoms with Gasteiger partial charge in [-0.25, -0.2) is 4.39 Å². The summed E-state index contributed by atoms with van der Waals surface area (Å²) in [5, 5.41) is 8.96. The number of nitrogens with zero attached hydrogens (tertiary/aromatic N) is 1. The first-order valence-electron chi connectivity index (χ1n) is 4.60. The van der Waals surface area contributed by atoms with Crippen LogP contribution in [-0.2, 0) is 0 Å². The third kappa shape index (κ3) is 2.72. The zero-order valence-corrected chi connectivity index (χ0v) is 7.83. The summed E-state index contributed by atoms with van der Waals surface area (Å²) in [6.45, 7) is 3.56. The van der Waals surface area contributed by atoms with Gasteiger partial charge in [0.05, 0.1) is 6.10 Å². The summed E-state index contributed by atoms with van der Waals surface area (Å²) in [7, 11) is 2.05. The highest BCUT2D eigenvalue weighted by Gasteiger charge is 2.24. The van der Waals surface area contributed by atoms with Gasteiger partial charge >= 0.3 is 0 Å². The molecule has 3 atom stereocenters. The van der Waals surface area contributed by atoms with E-state index in [1.807, 2.05) is 0 Å². The molecule has 0 saturated carbocycles. The average Bonchev–Trinajstić information content (AvgIpc) is 2.35. The molecule has 0 bridgehead atoms. The summed E-state index contributed by atoms with van der Waals surface area (Å²) in [6.07, 6.45) is -0.261. The third-order valence-corrected chi connectivity index (χ3v) is 2.57. The SMILES string of the molecule is CC(O)C(F)CC1CCN(C)C1. The molecule has 1 rings (SSSR count). The molecule has 0 aromatic heterocycles. The molecule has 3 heteroatoms. The van der Waals surface area contributed by atoms with E-state index in [4.69, 9.17) is 5.11 Å². The van der Waals surface area contributed by atoms with Gasteiger partial charge in [-0.05, 0) is 39.3 Å². The molecule has 0 amide bonds. The van der Waals surface area contributed by atoms with Crippen molar-refractivity contribution in [2.45, 2.75) is 32.0 Å². The summed E-state index contributed by atoms with van der Waals surface area (Å²) < 4.78 is 13.0. The maximum atomic E-state index is 13.0. The van der Waals surface area contributed by atoms with Gasteiger partial charge in [0.1, 0.15) is 6.17 Å². The summed E-state index contributed by atoms with van der Waals surface area (Å²) in [5.41, 5.74) is 0. The van der Waals surface area contributed by atoms with Crippen molar-refractivity contribution in [2.24, 2.45) is 5.92 Å². The fourth-order valence-corrected chi connectivity index (χ4v) is 1.73. The van der Waals surface area contributed by atoms with Crippen molar-refractivity contribution >= 4 is 0 Å². The molecule has 1 N–H and O–H groups in total. The lowest BCUT2D eigenvalue weighted by atomic mass is 9.99. The van der Waals surface area contributed by atoms with Crippen molar-refractivity contribution in [2.75, 3.05) is 20.1 Å². The Morgan fingerprint density at radius 3 is 2.75 bits per heavy atom. The highest BCUT2D eigenvalue weighted by atomic mass is 19.1. The lowest BCUT2D eigenvalue weighted by molar-refractivity contribution is 0.0773. The lowest BCUT2D eigenvalue weighted by Gasteiger charge is -2.15. The van der Waals surface area contributed by atoms with Gasteiger partial charge in [0.15, 0.2) is 0 Å². The van der Waals surface area contributed by atoms with Crippen LogP contribution in [0, 0.1) is 5.92 Å². The Morgan fingerprint density at radius 2 is 2.33 bits per heavy atom. The summed E-state index contributed by atoms with van der Waals surface area (Å²) in [4.78, 5) is 2.21. The largest absolute Gasteiger partial charge is 0.390 e. The monoisotopic (exact) mass is 175 g/mol. The van der Waals surface area contributed by atoms with Crippen molar-refractivity contribution in [3.8, 4) is 0 Å². The van der Waals surface area contributed by atoms with Crippen LogP contribution in [0.5, 0.6) is 0 Å². The number of aliphatic hydroxyl groups excluding tert-OH is 1. The molecular formula is C9H18FNO.